The van der Waals surface area contributed by atoms with Gasteiger partial charge in [-0.25, -0.2) is 13.2 Å². The lowest BCUT2D eigenvalue weighted by molar-refractivity contribution is 0.548. The maximum atomic E-state index is 13.8. The molecule has 0 heterocycles. The molecule has 1 N–H and O–H groups in total. The van der Waals surface area contributed by atoms with Crippen LogP contribution in [-0.4, -0.2) is 13.1 Å². The summed E-state index contributed by atoms with van der Waals surface area (Å²) in [5.41, 5.74) is 1.08. The summed E-state index contributed by atoms with van der Waals surface area (Å²) in [5, 5.41) is 3.18. The summed E-state index contributed by atoms with van der Waals surface area (Å²) < 4.78 is 40.4. The summed E-state index contributed by atoms with van der Waals surface area (Å²) in [7, 11) is 0. The predicted octanol–water partition coefficient (Wildman–Crippen LogP) is 4.04. The van der Waals surface area contributed by atoms with Gasteiger partial charge in [-0.2, -0.15) is 0 Å². The van der Waals surface area contributed by atoms with Crippen molar-refractivity contribution in [2.75, 3.05) is 13.1 Å². The minimum absolute atomic E-state index is 0.114. The highest BCUT2D eigenvalue weighted by Gasteiger charge is 2.15. The number of halogens is 3. The van der Waals surface area contributed by atoms with E-state index in [0.717, 1.165) is 24.2 Å². The van der Waals surface area contributed by atoms with E-state index in [2.05, 4.69) is 5.32 Å². The predicted molar refractivity (Wildman–Crippen MR) is 77.7 cm³/mol. The Morgan fingerprint density at radius 1 is 1.00 bits per heavy atom. The van der Waals surface area contributed by atoms with Crippen molar-refractivity contribution in [3.05, 3.63) is 71.0 Å². The second-order valence-corrected chi connectivity index (χ2v) is 5.00. The number of hydrogen-bond acceptors (Lipinski definition) is 1. The molecule has 0 radical (unpaired) electrons. The van der Waals surface area contributed by atoms with Crippen LogP contribution < -0.4 is 5.32 Å². The summed E-state index contributed by atoms with van der Waals surface area (Å²) in [6.45, 7) is 3.30. The number of likely N-dealkylation sites (N-methyl/N-ethyl adjacent to an activating group) is 1. The van der Waals surface area contributed by atoms with E-state index in [1.807, 2.05) is 13.0 Å². The molecule has 0 fully saturated rings. The molecule has 0 bridgehead atoms. The maximum absolute atomic E-state index is 13.8. The van der Waals surface area contributed by atoms with Gasteiger partial charge in [-0.3, -0.25) is 0 Å². The van der Waals surface area contributed by atoms with Gasteiger partial charge >= 0.3 is 0 Å². The van der Waals surface area contributed by atoms with Gasteiger partial charge in [0.05, 0.1) is 0 Å². The minimum atomic E-state index is -0.465. The molecule has 1 atom stereocenters. The Bertz CT molecular complexity index is 598. The fourth-order valence-corrected chi connectivity index (χ4v) is 2.35. The van der Waals surface area contributed by atoms with Crippen molar-refractivity contribution < 1.29 is 13.2 Å². The molecule has 2 rings (SSSR count). The standard InChI is InChI=1S/C17H18F3N/c1-2-21-11-14(12-4-3-5-15(18)9-12)8-13-10-16(19)6-7-17(13)20/h3-7,9-10,14,21H,2,8,11H2,1H3. The average Bonchev–Trinajstić information content (AvgIpc) is 2.47. The van der Waals surface area contributed by atoms with Gasteiger partial charge in [-0.15, -0.1) is 0 Å². The molecule has 2 aromatic carbocycles. The fraction of sp³-hybridized carbons (Fsp3) is 0.294. The van der Waals surface area contributed by atoms with Crippen molar-refractivity contribution in [1.29, 1.82) is 0 Å². The Morgan fingerprint density at radius 3 is 2.48 bits per heavy atom. The van der Waals surface area contributed by atoms with Crippen LogP contribution >= 0.6 is 0 Å². The first-order valence-electron chi connectivity index (χ1n) is 7.00. The second-order valence-electron chi connectivity index (χ2n) is 5.00. The highest BCUT2D eigenvalue weighted by atomic mass is 19.1. The Kier molecular flexibility index (Phi) is 5.39. The van der Waals surface area contributed by atoms with E-state index in [-0.39, 0.29) is 11.7 Å². The van der Waals surface area contributed by atoms with E-state index in [1.165, 1.54) is 18.2 Å². The van der Waals surface area contributed by atoms with Crippen LogP contribution in [0.3, 0.4) is 0 Å². The van der Waals surface area contributed by atoms with E-state index >= 15 is 0 Å². The van der Waals surface area contributed by atoms with Crippen LogP contribution in [0.4, 0.5) is 13.2 Å². The fourth-order valence-electron chi connectivity index (χ4n) is 2.35. The minimum Gasteiger partial charge on any atom is -0.316 e. The van der Waals surface area contributed by atoms with E-state index in [1.54, 1.807) is 6.07 Å². The highest BCUT2D eigenvalue weighted by Crippen LogP contribution is 2.23. The monoisotopic (exact) mass is 293 g/mol. The molecule has 21 heavy (non-hydrogen) atoms. The van der Waals surface area contributed by atoms with Crippen LogP contribution in [0.5, 0.6) is 0 Å². The van der Waals surface area contributed by atoms with E-state index < -0.39 is 11.6 Å². The first-order chi connectivity index (χ1) is 10.1. The Balaban J connectivity index is 2.25. The lowest BCUT2D eigenvalue weighted by atomic mass is 9.91. The van der Waals surface area contributed by atoms with Crippen LogP contribution in [0, 0.1) is 17.5 Å². The van der Waals surface area contributed by atoms with Gasteiger partial charge in [0.15, 0.2) is 0 Å². The Hall–Kier alpha value is -1.81. The number of hydrogen-bond donors (Lipinski definition) is 1. The van der Waals surface area contributed by atoms with Crippen molar-refractivity contribution >= 4 is 0 Å². The van der Waals surface area contributed by atoms with Crippen molar-refractivity contribution in [2.45, 2.75) is 19.3 Å². The quantitative estimate of drug-likeness (QED) is 0.847. The van der Waals surface area contributed by atoms with Gasteiger partial charge in [0.25, 0.3) is 0 Å². The first-order valence-corrected chi connectivity index (χ1v) is 7.00. The summed E-state index contributed by atoms with van der Waals surface area (Å²) in [6.07, 6.45) is 0.319. The van der Waals surface area contributed by atoms with E-state index in [4.69, 9.17) is 0 Å². The highest BCUT2D eigenvalue weighted by molar-refractivity contribution is 5.26. The zero-order chi connectivity index (χ0) is 15.2. The summed E-state index contributed by atoms with van der Waals surface area (Å²) in [6, 6.07) is 9.68. The van der Waals surface area contributed by atoms with Crippen molar-refractivity contribution in [3.8, 4) is 0 Å². The molecule has 0 aromatic heterocycles. The van der Waals surface area contributed by atoms with Crippen LogP contribution in [0.1, 0.15) is 24.0 Å². The first kappa shape index (κ1) is 15.6. The second kappa shape index (κ2) is 7.27. The molecule has 0 amide bonds. The van der Waals surface area contributed by atoms with Gasteiger partial charge in [0.2, 0.25) is 0 Å². The summed E-state index contributed by atoms with van der Waals surface area (Å²) in [4.78, 5) is 0. The van der Waals surface area contributed by atoms with E-state index in [0.29, 0.717) is 18.5 Å². The third-order valence-electron chi connectivity index (χ3n) is 3.43. The molecule has 0 saturated carbocycles. The maximum Gasteiger partial charge on any atom is 0.126 e. The molecule has 0 spiro atoms. The molecule has 0 aliphatic rings. The molecule has 0 aliphatic carbocycles. The van der Waals surface area contributed by atoms with Crippen molar-refractivity contribution in [2.24, 2.45) is 0 Å². The third-order valence-corrected chi connectivity index (χ3v) is 3.43. The molecule has 112 valence electrons. The summed E-state index contributed by atoms with van der Waals surface area (Å²) >= 11 is 0. The van der Waals surface area contributed by atoms with Crippen LogP contribution in [0.2, 0.25) is 0 Å². The zero-order valence-electron chi connectivity index (χ0n) is 11.9. The molecule has 2 aromatic rings. The molecule has 0 saturated heterocycles. The number of rotatable bonds is 6. The normalized spacial score (nSPS) is 12.4. The lowest BCUT2D eigenvalue weighted by Gasteiger charge is -2.18. The van der Waals surface area contributed by atoms with Crippen molar-refractivity contribution in [3.63, 3.8) is 0 Å². The summed E-state index contributed by atoms with van der Waals surface area (Å²) in [5.74, 6) is -1.34. The van der Waals surface area contributed by atoms with Crippen molar-refractivity contribution in [1.82, 2.24) is 5.32 Å². The van der Waals surface area contributed by atoms with Crippen LogP contribution in [-0.2, 0) is 6.42 Å². The van der Waals surface area contributed by atoms with E-state index in [9.17, 15) is 13.2 Å². The molecule has 0 aliphatic heterocycles. The zero-order valence-corrected chi connectivity index (χ0v) is 11.9. The average molecular weight is 293 g/mol. The van der Waals surface area contributed by atoms with Gasteiger partial charge in [0, 0.05) is 12.5 Å². The largest absolute Gasteiger partial charge is 0.316 e. The molecule has 1 unspecified atom stereocenters. The topological polar surface area (TPSA) is 12.0 Å². The van der Waals surface area contributed by atoms with Crippen LogP contribution in [0.25, 0.3) is 0 Å². The molecule has 4 heteroatoms. The molecular formula is C17H18F3N. The van der Waals surface area contributed by atoms with Gasteiger partial charge in [-0.1, -0.05) is 19.1 Å². The number of benzene rings is 2. The molecular weight excluding hydrogens is 275 g/mol. The third kappa shape index (κ3) is 4.33. The van der Waals surface area contributed by atoms with Gasteiger partial charge in [0.1, 0.15) is 17.5 Å². The Labute approximate surface area is 122 Å². The van der Waals surface area contributed by atoms with Gasteiger partial charge < -0.3 is 5.32 Å². The lowest BCUT2D eigenvalue weighted by Crippen LogP contribution is -2.23. The van der Waals surface area contributed by atoms with Crippen LogP contribution in [0.15, 0.2) is 42.5 Å². The number of nitrogens with one attached hydrogen (secondary N) is 1. The SMILES string of the molecule is CCNCC(Cc1cc(F)ccc1F)c1cccc(F)c1. The van der Waals surface area contributed by atoms with Gasteiger partial charge in [-0.05, 0) is 54.4 Å². The Morgan fingerprint density at radius 2 is 1.76 bits per heavy atom. The smallest absolute Gasteiger partial charge is 0.126 e. The molecule has 1 nitrogen and oxygen atoms in total.